The zero-order valence-corrected chi connectivity index (χ0v) is 26.0. The molecule has 0 aliphatic carbocycles. The number of benzene rings is 3. The molecule has 6 rings (SSSR count). The maximum atomic E-state index is 13.5. The van der Waals surface area contributed by atoms with Crippen LogP contribution in [0.4, 0.5) is 16.2 Å². The number of nitrogens with zero attached hydrogens (tertiary/aromatic N) is 5. The second kappa shape index (κ2) is 12.8. The third-order valence-electron chi connectivity index (χ3n) is 7.53. The normalized spacial score (nSPS) is 13.5. The lowest BCUT2D eigenvalue weighted by Gasteiger charge is -2.37. The van der Waals surface area contributed by atoms with Crippen LogP contribution in [0.5, 0.6) is 11.5 Å². The number of rotatable bonds is 7. The number of ether oxygens (including phenoxy) is 2. The molecule has 11 nitrogen and oxygen atoms in total. The largest absolute Gasteiger partial charge is 0.504 e. The summed E-state index contributed by atoms with van der Waals surface area (Å²) in [6.07, 6.45) is 3.01. The van der Waals surface area contributed by atoms with E-state index in [0.717, 1.165) is 11.3 Å². The number of carbonyl (C=O) groups is 2. The van der Waals surface area contributed by atoms with Gasteiger partial charge >= 0.3 is 6.09 Å². The Hall–Kier alpha value is -5.58. The van der Waals surface area contributed by atoms with Crippen molar-refractivity contribution in [1.82, 2.24) is 19.5 Å². The number of nitrogens with one attached hydrogen (secondary N) is 1. The topological polar surface area (TPSA) is 122 Å². The zero-order valence-electron chi connectivity index (χ0n) is 26.0. The molecule has 0 saturated carbocycles. The summed E-state index contributed by atoms with van der Waals surface area (Å²) in [5.41, 5.74) is 3.96. The molecule has 2 aromatic heterocycles. The van der Waals surface area contributed by atoms with Crippen LogP contribution in [0.15, 0.2) is 91.3 Å². The highest BCUT2D eigenvalue weighted by atomic mass is 16.6. The van der Waals surface area contributed by atoms with E-state index >= 15 is 0 Å². The monoisotopic (exact) mass is 620 g/mol. The molecule has 2 N–H and O–H groups in total. The van der Waals surface area contributed by atoms with Crippen molar-refractivity contribution >= 4 is 29.0 Å². The summed E-state index contributed by atoms with van der Waals surface area (Å²) in [6, 6.07) is 24.0. The highest BCUT2D eigenvalue weighted by Gasteiger charge is 2.27. The number of carbonyl (C=O) groups excluding carboxylic acids is 2. The van der Waals surface area contributed by atoms with Gasteiger partial charge in [0.2, 0.25) is 0 Å². The molecule has 2 amide bonds. The molecule has 0 atom stereocenters. The Labute approximate surface area is 267 Å². The van der Waals surface area contributed by atoms with Crippen molar-refractivity contribution in [3.8, 4) is 22.6 Å². The summed E-state index contributed by atoms with van der Waals surface area (Å²) in [5.74, 6) is -0.0192. The van der Waals surface area contributed by atoms with E-state index in [1.54, 1.807) is 40.0 Å². The van der Waals surface area contributed by atoms with Crippen molar-refractivity contribution in [2.75, 3.05) is 36.4 Å². The van der Waals surface area contributed by atoms with Crippen LogP contribution in [0.2, 0.25) is 0 Å². The summed E-state index contributed by atoms with van der Waals surface area (Å²) >= 11 is 0. The molecule has 0 spiro atoms. The Bertz CT molecular complexity index is 1860. The predicted octanol–water partition coefficient (Wildman–Crippen LogP) is 5.99. The first-order chi connectivity index (χ1) is 22.1. The quantitative estimate of drug-likeness (QED) is 0.228. The van der Waals surface area contributed by atoms with Gasteiger partial charge in [0, 0.05) is 37.9 Å². The van der Waals surface area contributed by atoms with E-state index < -0.39 is 5.60 Å². The summed E-state index contributed by atoms with van der Waals surface area (Å²) in [6.45, 7) is 8.10. The maximum Gasteiger partial charge on any atom is 0.410 e. The second-order valence-electron chi connectivity index (χ2n) is 12.0. The molecule has 0 unspecified atom stereocenters. The van der Waals surface area contributed by atoms with Gasteiger partial charge in [0.1, 0.15) is 17.9 Å². The molecule has 1 aliphatic rings. The minimum atomic E-state index is -0.552. The molecule has 236 valence electrons. The third kappa shape index (κ3) is 6.88. The van der Waals surface area contributed by atoms with Gasteiger partial charge < -0.3 is 29.7 Å². The first-order valence-electron chi connectivity index (χ1n) is 15.1. The van der Waals surface area contributed by atoms with E-state index in [4.69, 9.17) is 9.47 Å². The fraction of sp³-hybridized carbons (Fsp3) is 0.257. The number of hydrogen-bond donors (Lipinski definition) is 2. The zero-order chi connectivity index (χ0) is 32.3. The molecule has 11 heteroatoms. The molecule has 3 aromatic carbocycles. The molecular formula is C35H36N6O5. The van der Waals surface area contributed by atoms with Crippen molar-refractivity contribution in [1.29, 1.82) is 0 Å². The summed E-state index contributed by atoms with van der Waals surface area (Å²) in [4.78, 5) is 34.5. The summed E-state index contributed by atoms with van der Waals surface area (Å²) in [5, 5.41) is 18.1. The number of aromatic nitrogens is 3. The van der Waals surface area contributed by atoms with Crippen molar-refractivity contribution in [2.24, 2.45) is 0 Å². The van der Waals surface area contributed by atoms with Gasteiger partial charge in [-0.15, -0.1) is 0 Å². The number of amides is 2. The lowest BCUT2D eigenvalue weighted by atomic mass is 10.1. The Balaban J connectivity index is 1.16. The van der Waals surface area contributed by atoms with E-state index in [0.29, 0.717) is 61.0 Å². The van der Waals surface area contributed by atoms with Crippen LogP contribution in [-0.4, -0.2) is 68.4 Å². The maximum absolute atomic E-state index is 13.5. The SMILES string of the molecule is CC(C)(C)OC(=O)N1CCN(c2ccccc2NC(=O)c2ccn3ncc(-c4ccc(OCc5ccccc5)c(O)c4)c3n2)CC1. The van der Waals surface area contributed by atoms with Gasteiger partial charge in [-0.25, -0.2) is 14.3 Å². The van der Waals surface area contributed by atoms with Crippen LogP contribution >= 0.6 is 0 Å². The number of anilines is 2. The highest BCUT2D eigenvalue weighted by molar-refractivity contribution is 6.05. The van der Waals surface area contributed by atoms with Crippen LogP contribution in [0, 0.1) is 0 Å². The van der Waals surface area contributed by atoms with Gasteiger partial charge in [0.25, 0.3) is 5.91 Å². The number of phenols is 1. The lowest BCUT2D eigenvalue weighted by molar-refractivity contribution is 0.0240. The first kappa shape index (κ1) is 30.4. The van der Waals surface area contributed by atoms with E-state index in [1.165, 1.54) is 0 Å². The minimum absolute atomic E-state index is 0.00906. The van der Waals surface area contributed by atoms with Crippen molar-refractivity contribution < 1.29 is 24.2 Å². The summed E-state index contributed by atoms with van der Waals surface area (Å²) < 4.78 is 12.9. The summed E-state index contributed by atoms with van der Waals surface area (Å²) in [7, 11) is 0. The molecular weight excluding hydrogens is 584 g/mol. The number of hydrogen-bond acceptors (Lipinski definition) is 8. The Morgan fingerprint density at radius 2 is 1.67 bits per heavy atom. The van der Waals surface area contributed by atoms with Gasteiger partial charge in [0.05, 0.1) is 17.6 Å². The predicted molar refractivity (Wildman–Crippen MR) is 175 cm³/mol. The average Bonchev–Trinajstić information content (AvgIpc) is 3.48. The van der Waals surface area contributed by atoms with E-state index in [9.17, 15) is 14.7 Å². The van der Waals surface area contributed by atoms with E-state index in [-0.39, 0.29) is 23.4 Å². The van der Waals surface area contributed by atoms with Gasteiger partial charge in [-0.05, 0) is 62.2 Å². The number of phenolic OH excluding ortho intramolecular Hbond substituents is 1. The molecule has 0 radical (unpaired) electrons. The molecule has 1 saturated heterocycles. The Morgan fingerprint density at radius 1 is 0.935 bits per heavy atom. The Morgan fingerprint density at radius 3 is 2.41 bits per heavy atom. The van der Waals surface area contributed by atoms with Gasteiger partial charge in [0.15, 0.2) is 17.1 Å². The molecule has 1 aliphatic heterocycles. The van der Waals surface area contributed by atoms with Gasteiger partial charge in [-0.1, -0.05) is 48.5 Å². The third-order valence-corrected chi connectivity index (χ3v) is 7.53. The average molecular weight is 621 g/mol. The van der Waals surface area contributed by atoms with E-state index in [1.807, 2.05) is 81.4 Å². The van der Waals surface area contributed by atoms with Crippen molar-refractivity contribution in [3.63, 3.8) is 0 Å². The smallest absolute Gasteiger partial charge is 0.410 e. The molecule has 3 heterocycles. The molecule has 0 bridgehead atoms. The van der Waals surface area contributed by atoms with Crippen molar-refractivity contribution in [2.45, 2.75) is 33.0 Å². The van der Waals surface area contributed by atoms with Crippen LogP contribution in [0.3, 0.4) is 0 Å². The number of para-hydroxylation sites is 2. The molecule has 5 aromatic rings. The fourth-order valence-corrected chi connectivity index (χ4v) is 5.24. The van der Waals surface area contributed by atoms with E-state index in [2.05, 4.69) is 20.3 Å². The fourth-order valence-electron chi connectivity index (χ4n) is 5.24. The second-order valence-corrected chi connectivity index (χ2v) is 12.0. The van der Waals surface area contributed by atoms with Gasteiger partial charge in [-0.3, -0.25) is 4.79 Å². The lowest BCUT2D eigenvalue weighted by Crippen LogP contribution is -2.50. The standard InChI is InChI=1S/C35H36N6O5/c1-35(2,3)46-34(44)40-19-17-39(18-20-40)29-12-8-7-11-27(29)38-33(43)28-15-16-41-32(37-28)26(22-36-41)25-13-14-31(30(42)21-25)45-23-24-9-5-4-6-10-24/h4-16,21-22,42H,17-20,23H2,1-3H3,(H,38,43). The van der Waals surface area contributed by atoms with Crippen LogP contribution in [-0.2, 0) is 11.3 Å². The molecule has 1 fully saturated rings. The highest BCUT2D eigenvalue weighted by Crippen LogP contribution is 2.34. The first-order valence-corrected chi connectivity index (χ1v) is 15.1. The van der Waals surface area contributed by atoms with Crippen LogP contribution < -0.4 is 15.0 Å². The Kier molecular flexibility index (Phi) is 8.47. The van der Waals surface area contributed by atoms with Crippen LogP contribution in [0.25, 0.3) is 16.8 Å². The number of fused-ring (bicyclic) bond motifs is 1. The molecule has 46 heavy (non-hydrogen) atoms. The van der Waals surface area contributed by atoms with Gasteiger partial charge in [-0.2, -0.15) is 5.10 Å². The van der Waals surface area contributed by atoms with Crippen LogP contribution in [0.1, 0.15) is 36.8 Å². The number of piperazine rings is 1. The number of aromatic hydroxyl groups is 1. The minimum Gasteiger partial charge on any atom is -0.504 e. The van der Waals surface area contributed by atoms with Crippen molar-refractivity contribution in [3.05, 3.63) is 103 Å².